The van der Waals surface area contributed by atoms with Gasteiger partial charge in [0.25, 0.3) is 5.91 Å². The Hall–Kier alpha value is -2.26. The van der Waals surface area contributed by atoms with E-state index in [1.54, 1.807) is 11.3 Å². The molecule has 2 saturated heterocycles. The van der Waals surface area contributed by atoms with Crippen molar-refractivity contribution in [2.75, 3.05) is 46.0 Å². The van der Waals surface area contributed by atoms with Gasteiger partial charge in [0.1, 0.15) is 0 Å². The molecule has 8 heteroatoms. The Morgan fingerprint density at radius 3 is 2.80 bits per heavy atom. The highest BCUT2D eigenvalue weighted by Crippen LogP contribution is 2.39. The third-order valence-electron chi connectivity index (χ3n) is 5.91. The Bertz CT molecular complexity index is 1040. The van der Waals surface area contributed by atoms with Crippen LogP contribution in [-0.4, -0.2) is 71.5 Å². The molecule has 158 valence electrons. The van der Waals surface area contributed by atoms with Crippen molar-refractivity contribution in [3.63, 3.8) is 0 Å². The maximum absolute atomic E-state index is 13.4. The predicted molar refractivity (Wildman–Crippen MR) is 116 cm³/mol. The summed E-state index contributed by atoms with van der Waals surface area (Å²) in [6, 6.07) is 10.3. The van der Waals surface area contributed by atoms with Gasteiger partial charge in [0, 0.05) is 56.2 Å². The van der Waals surface area contributed by atoms with Gasteiger partial charge in [0.15, 0.2) is 0 Å². The van der Waals surface area contributed by atoms with Crippen molar-refractivity contribution >= 4 is 27.3 Å². The second-order valence-corrected chi connectivity index (χ2v) is 8.84. The SMILES string of the molecule is Cn1nccc1CN1CCO[C@@H](c2c(C(=O)N3CCOCC3)sc3ccccc23)C1. The van der Waals surface area contributed by atoms with Gasteiger partial charge >= 0.3 is 0 Å². The van der Waals surface area contributed by atoms with Crippen LogP contribution in [0.15, 0.2) is 36.5 Å². The van der Waals surface area contributed by atoms with Crippen LogP contribution in [0.1, 0.15) is 27.0 Å². The molecule has 0 N–H and O–H groups in total. The molecule has 0 saturated carbocycles. The van der Waals surface area contributed by atoms with Crippen LogP contribution in [0.5, 0.6) is 0 Å². The Morgan fingerprint density at radius 1 is 1.17 bits per heavy atom. The highest BCUT2D eigenvalue weighted by atomic mass is 32.1. The van der Waals surface area contributed by atoms with Crippen molar-refractivity contribution in [2.45, 2.75) is 12.6 Å². The Morgan fingerprint density at radius 2 is 2.00 bits per heavy atom. The molecule has 5 rings (SSSR count). The highest BCUT2D eigenvalue weighted by Gasteiger charge is 2.32. The number of ether oxygens (including phenoxy) is 2. The summed E-state index contributed by atoms with van der Waals surface area (Å²) in [4.78, 5) is 18.5. The topological polar surface area (TPSA) is 59.8 Å². The number of morpholine rings is 2. The molecule has 0 unspecified atom stereocenters. The molecule has 0 spiro atoms. The minimum Gasteiger partial charge on any atom is -0.378 e. The highest BCUT2D eigenvalue weighted by molar-refractivity contribution is 7.21. The molecule has 30 heavy (non-hydrogen) atoms. The largest absolute Gasteiger partial charge is 0.378 e. The van der Waals surface area contributed by atoms with Gasteiger partial charge in [0.05, 0.1) is 36.5 Å². The van der Waals surface area contributed by atoms with Gasteiger partial charge in [-0.2, -0.15) is 5.10 Å². The Labute approximate surface area is 179 Å². The van der Waals surface area contributed by atoms with E-state index in [-0.39, 0.29) is 12.0 Å². The number of hydrogen-bond donors (Lipinski definition) is 0. The summed E-state index contributed by atoms with van der Waals surface area (Å²) in [6.07, 6.45) is 1.71. The van der Waals surface area contributed by atoms with Crippen LogP contribution in [-0.2, 0) is 23.1 Å². The molecule has 4 heterocycles. The third-order valence-corrected chi connectivity index (χ3v) is 7.08. The fourth-order valence-electron chi connectivity index (χ4n) is 4.26. The van der Waals surface area contributed by atoms with Crippen molar-refractivity contribution in [3.8, 4) is 0 Å². The number of thiophene rings is 1. The molecule has 2 aliphatic heterocycles. The number of rotatable bonds is 4. The Balaban J connectivity index is 1.46. The molecular weight excluding hydrogens is 400 g/mol. The predicted octanol–water partition coefficient (Wildman–Crippen LogP) is 2.68. The molecular formula is C22H26N4O3S. The first kappa shape index (κ1) is 19.7. The number of hydrogen-bond acceptors (Lipinski definition) is 6. The lowest BCUT2D eigenvalue weighted by Gasteiger charge is -2.34. The van der Waals surface area contributed by atoms with E-state index < -0.39 is 0 Å². The second kappa shape index (κ2) is 8.47. The van der Waals surface area contributed by atoms with Crippen molar-refractivity contribution in [1.29, 1.82) is 0 Å². The summed E-state index contributed by atoms with van der Waals surface area (Å²) < 4.78 is 14.7. The van der Waals surface area contributed by atoms with Crippen molar-refractivity contribution in [1.82, 2.24) is 19.6 Å². The van der Waals surface area contributed by atoms with E-state index in [2.05, 4.69) is 28.2 Å². The molecule has 0 radical (unpaired) electrons. The third kappa shape index (κ3) is 3.76. The fourth-order valence-corrected chi connectivity index (χ4v) is 5.48. The van der Waals surface area contributed by atoms with E-state index in [9.17, 15) is 4.79 Å². The van der Waals surface area contributed by atoms with Crippen LogP contribution in [0.4, 0.5) is 0 Å². The minimum absolute atomic E-state index is 0.0989. The zero-order valence-corrected chi connectivity index (χ0v) is 17.9. The number of carbonyl (C=O) groups is 1. The summed E-state index contributed by atoms with van der Waals surface area (Å²) in [5, 5.41) is 5.41. The number of fused-ring (bicyclic) bond motifs is 1. The zero-order chi connectivity index (χ0) is 20.5. The van der Waals surface area contributed by atoms with E-state index in [0.717, 1.165) is 40.2 Å². The smallest absolute Gasteiger partial charge is 0.264 e. The number of nitrogens with zero attached hydrogens (tertiary/aromatic N) is 4. The molecule has 2 aromatic heterocycles. The minimum atomic E-state index is -0.122. The number of amides is 1. The van der Waals surface area contributed by atoms with Gasteiger partial charge in [-0.1, -0.05) is 18.2 Å². The summed E-state index contributed by atoms with van der Waals surface area (Å²) >= 11 is 1.58. The lowest BCUT2D eigenvalue weighted by molar-refractivity contribution is -0.0332. The van der Waals surface area contributed by atoms with E-state index in [1.165, 1.54) is 5.69 Å². The van der Waals surface area contributed by atoms with Crippen molar-refractivity contribution < 1.29 is 14.3 Å². The van der Waals surface area contributed by atoms with Gasteiger partial charge in [0.2, 0.25) is 0 Å². The summed E-state index contributed by atoms with van der Waals surface area (Å²) in [5.74, 6) is 0.0989. The molecule has 1 aromatic carbocycles. The molecule has 2 aliphatic rings. The first-order valence-corrected chi connectivity index (χ1v) is 11.2. The summed E-state index contributed by atoms with van der Waals surface area (Å²) in [6.45, 7) is 5.60. The standard InChI is InChI=1S/C22H26N4O3S/c1-24-16(6-7-23-24)14-25-8-13-29-18(15-25)20-17-4-2-3-5-19(17)30-21(20)22(27)26-9-11-28-12-10-26/h2-7,18H,8-15H2,1H3/t18-/m1/s1. The molecule has 3 aromatic rings. The number of aryl methyl sites for hydroxylation is 1. The lowest BCUT2D eigenvalue weighted by Crippen LogP contribution is -2.41. The van der Waals surface area contributed by atoms with E-state index >= 15 is 0 Å². The van der Waals surface area contributed by atoms with Crippen molar-refractivity contribution in [2.24, 2.45) is 7.05 Å². The average Bonchev–Trinajstić information content (AvgIpc) is 3.37. The summed E-state index contributed by atoms with van der Waals surface area (Å²) in [7, 11) is 1.97. The summed E-state index contributed by atoms with van der Waals surface area (Å²) in [5.41, 5.74) is 2.22. The molecule has 2 fully saturated rings. The van der Waals surface area contributed by atoms with Crippen LogP contribution in [0.3, 0.4) is 0 Å². The van der Waals surface area contributed by atoms with Crippen LogP contribution in [0, 0.1) is 0 Å². The molecule has 1 atom stereocenters. The first-order chi connectivity index (χ1) is 14.7. The maximum Gasteiger partial charge on any atom is 0.264 e. The normalized spacial score (nSPS) is 20.7. The quantitative estimate of drug-likeness (QED) is 0.642. The average molecular weight is 427 g/mol. The maximum atomic E-state index is 13.4. The fraction of sp³-hybridized carbons (Fsp3) is 0.455. The van der Waals surface area contributed by atoms with Gasteiger partial charge in [-0.15, -0.1) is 11.3 Å². The van der Waals surface area contributed by atoms with Gasteiger partial charge in [-0.3, -0.25) is 14.4 Å². The molecule has 0 bridgehead atoms. The van der Waals surface area contributed by atoms with Crippen molar-refractivity contribution in [3.05, 3.63) is 52.7 Å². The monoisotopic (exact) mass is 426 g/mol. The zero-order valence-electron chi connectivity index (χ0n) is 17.1. The first-order valence-electron chi connectivity index (χ1n) is 10.4. The van der Waals surface area contributed by atoms with E-state index in [0.29, 0.717) is 32.9 Å². The number of aromatic nitrogens is 2. The number of benzene rings is 1. The van der Waals surface area contributed by atoms with Gasteiger partial charge < -0.3 is 14.4 Å². The van der Waals surface area contributed by atoms with Gasteiger partial charge in [-0.05, 0) is 17.5 Å². The van der Waals surface area contributed by atoms with Crippen LogP contribution in [0.25, 0.3) is 10.1 Å². The van der Waals surface area contributed by atoms with Crippen LogP contribution < -0.4 is 0 Å². The molecule has 1 amide bonds. The molecule has 0 aliphatic carbocycles. The van der Waals surface area contributed by atoms with E-state index in [4.69, 9.17) is 9.47 Å². The van der Waals surface area contributed by atoms with Crippen LogP contribution >= 0.6 is 11.3 Å². The Kier molecular flexibility index (Phi) is 5.56. The van der Waals surface area contributed by atoms with E-state index in [1.807, 2.05) is 35.0 Å². The number of carbonyl (C=O) groups excluding carboxylic acids is 1. The molecule has 7 nitrogen and oxygen atoms in total. The lowest BCUT2D eigenvalue weighted by atomic mass is 10.0. The van der Waals surface area contributed by atoms with Crippen LogP contribution in [0.2, 0.25) is 0 Å². The second-order valence-electron chi connectivity index (χ2n) is 7.79. The van der Waals surface area contributed by atoms with Gasteiger partial charge in [-0.25, -0.2) is 0 Å².